The molecule has 0 unspecified atom stereocenters. The molecule has 0 aliphatic carbocycles. The van der Waals surface area contributed by atoms with Crippen molar-refractivity contribution in [1.29, 1.82) is 5.26 Å². The van der Waals surface area contributed by atoms with Crippen LogP contribution in [0.5, 0.6) is 0 Å². The Morgan fingerprint density at radius 1 is 1.07 bits per heavy atom. The molecule has 0 aliphatic heterocycles. The molecule has 138 valence electrons. The molecule has 3 rings (SSSR count). The number of carbonyl (C=O) groups excluding carboxylic acids is 2. The van der Waals surface area contributed by atoms with Crippen LogP contribution in [0, 0.1) is 23.2 Å². The summed E-state index contributed by atoms with van der Waals surface area (Å²) in [6, 6.07) is 17.5. The molecule has 0 aliphatic rings. The molecule has 6 heteroatoms. The van der Waals surface area contributed by atoms with Crippen LogP contribution in [0.4, 0.5) is 0 Å². The summed E-state index contributed by atoms with van der Waals surface area (Å²) in [5.41, 5.74) is 2.61. The van der Waals surface area contributed by atoms with Gasteiger partial charge in [-0.3, -0.25) is 9.59 Å². The molecule has 0 fully saturated rings. The molecule has 1 amide bonds. The number of ketones is 1. The van der Waals surface area contributed by atoms with E-state index in [1.165, 1.54) is 11.3 Å². The average Bonchev–Trinajstić information content (AvgIpc) is 3.11. The summed E-state index contributed by atoms with van der Waals surface area (Å²) < 4.78 is 0.984. The average molecular weight is 387 g/mol. The Morgan fingerprint density at radius 2 is 1.86 bits per heavy atom. The van der Waals surface area contributed by atoms with Crippen molar-refractivity contribution in [2.24, 2.45) is 0 Å². The highest BCUT2D eigenvalue weighted by molar-refractivity contribution is 7.18. The van der Waals surface area contributed by atoms with E-state index < -0.39 is 0 Å². The van der Waals surface area contributed by atoms with Gasteiger partial charge >= 0.3 is 0 Å². The summed E-state index contributed by atoms with van der Waals surface area (Å²) in [5, 5.41) is 11.7. The summed E-state index contributed by atoms with van der Waals surface area (Å²) in [4.78, 5) is 28.0. The van der Waals surface area contributed by atoms with Gasteiger partial charge in [-0.05, 0) is 30.3 Å². The van der Waals surface area contributed by atoms with Crippen LogP contribution in [0.25, 0.3) is 10.2 Å². The normalized spacial score (nSPS) is 9.96. The highest BCUT2D eigenvalue weighted by Crippen LogP contribution is 2.23. The second-order valence-corrected chi connectivity index (χ2v) is 7.17. The van der Waals surface area contributed by atoms with Crippen molar-refractivity contribution in [2.45, 2.75) is 19.3 Å². The molecule has 0 spiro atoms. The predicted molar refractivity (Wildman–Crippen MR) is 109 cm³/mol. The summed E-state index contributed by atoms with van der Waals surface area (Å²) in [5.74, 6) is 5.84. The molecule has 3 aromatic rings. The molecular weight excluding hydrogens is 370 g/mol. The molecule has 1 heterocycles. The summed E-state index contributed by atoms with van der Waals surface area (Å²) in [6.07, 6.45) is 0.447. The molecule has 0 radical (unpaired) electrons. The number of nitriles is 1. The van der Waals surface area contributed by atoms with Gasteiger partial charge in [-0.15, -0.1) is 11.3 Å². The summed E-state index contributed by atoms with van der Waals surface area (Å²) in [6.45, 7) is -0.0510. The lowest BCUT2D eigenvalue weighted by Crippen LogP contribution is -2.30. The van der Waals surface area contributed by atoms with E-state index in [2.05, 4.69) is 22.1 Å². The number of hydrogen-bond acceptors (Lipinski definition) is 5. The van der Waals surface area contributed by atoms with Gasteiger partial charge in [0.25, 0.3) is 0 Å². The van der Waals surface area contributed by atoms with Gasteiger partial charge in [0, 0.05) is 24.0 Å². The first-order valence-corrected chi connectivity index (χ1v) is 9.57. The van der Waals surface area contributed by atoms with Gasteiger partial charge < -0.3 is 5.32 Å². The maximum Gasteiger partial charge on any atom is 0.227 e. The van der Waals surface area contributed by atoms with Crippen LogP contribution in [0.1, 0.15) is 29.0 Å². The Morgan fingerprint density at radius 3 is 2.64 bits per heavy atom. The number of thiazole rings is 1. The molecule has 0 bridgehead atoms. The Kier molecular flexibility index (Phi) is 6.51. The minimum atomic E-state index is -0.256. The lowest BCUT2D eigenvalue weighted by Gasteiger charge is -2.01. The van der Waals surface area contributed by atoms with Gasteiger partial charge in [-0.2, -0.15) is 5.26 Å². The SMILES string of the molecule is N#CCCC(=O)CNC(=O)Cc1nc2cc(C#Cc3ccccc3)ccc2s1. The minimum absolute atomic E-state index is 0.0510. The van der Waals surface area contributed by atoms with Gasteiger partial charge in [0.15, 0.2) is 5.78 Å². The first-order chi connectivity index (χ1) is 13.6. The standard InChI is InChI=1S/C22H17N3O2S/c23-12-4-7-18(26)15-24-21(27)14-22-25-19-13-17(10-11-20(19)28-22)9-8-16-5-2-1-3-6-16/h1-3,5-6,10-11,13H,4,7,14-15H2,(H,24,27). The van der Waals surface area contributed by atoms with Gasteiger partial charge in [0.05, 0.1) is 29.3 Å². The fourth-order valence-electron chi connectivity index (χ4n) is 2.48. The van der Waals surface area contributed by atoms with Crippen molar-refractivity contribution >= 4 is 33.2 Å². The van der Waals surface area contributed by atoms with E-state index in [0.717, 1.165) is 21.3 Å². The van der Waals surface area contributed by atoms with E-state index in [4.69, 9.17) is 5.26 Å². The zero-order chi connectivity index (χ0) is 19.8. The van der Waals surface area contributed by atoms with Crippen molar-refractivity contribution in [2.75, 3.05) is 6.54 Å². The largest absolute Gasteiger partial charge is 0.349 e. The van der Waals surface area contributed by atoms with Crippen LogP contribution in [0.3, 0.4) is 0 Å². The molecule has 0 saturated heterocycles. The summed E-state index contributed by atoms with van der Waals surface area (Å²) >= 11 is 1.45. The van der Waals surface area contributed by atoms with Crippen molar-refractivity contribution in [1.82, 2.24) is 10.3 Å². The van der Waals surface area contributed by atoms with E-state index in [-0.39, 0.29) is 37.5 Å². The van der Waals surface area contributed by atoms with Gasteiger partial charge in [0.1, 0.15) is 5.01 Å². The van der Waals surface area contributed by atoms with Crippen LogP contribution in [-0.4, -0.2) is 23.2 Å². The number of carbonyl (C=O) groups is 2. The number of nitrogens with zero attached hydrogens (tertiary/aromatic N) is 2. The smallest absolute Gasteiger partial charge is 0.227 e. The van der Waals surface area contributed by atoms with Crippen molar-refractivity contribution in [3.05, 3.63) is 64.7 Å². The zero-order valence-corrected chi connectivity index (χ0v) is 15.9. The third-order valence-corrected chi connectivity index (χ3v) is 4.90. The number of hydrogen-bond donors (Lipinski definition) is 1. The fraction of sp³-hybridized carbons (Fsp3) is 0.182. The number of rotatable bonds is 6. The number of benzene rings is 2. The quantitative estimate of drug-likeness (QED) is 0.658. The van der Waals surface area contributed by atoms with Crippen LogP contribution in [0.15, 0.2) is 48.5 Å². The number of Topliss-reactive ketones (excluding diaryl/α,β-unsaturated/α-hetero) is 1. The molecule has 0 atom stereocenters. The topological polar surface area (TPSA) is 82.9 Å². The molecule has 1 aromatic heterocycles. The lowest BCUT2D eigenvalue weighted by molar-refractivity contribution is -0.124. The Labute approximate surface area is 167 Å². The number of aromatic nitrogens is 1. The van der Waals surface area contributed by atoms with Crippen molar-refractivity contribution in [3.63, 3.8) is 0 Å². The van der Waals surface area contributed by atoms with E-state index in [1.807, 2.05) is 54.6 Å². The maximum absolute atomic E-state index is 12.0. The fourth-order valence-corrected chi connectivity index (χ4v) is 3.42. The van der Waals surface area contributed by atoms with E-state index >= 15 is 0 Å². The van der Waals surface area contributed by atoms with Gasteiger partial charge in [-0.25, -0.2) is 4.98 Å². The highest BCUT2D eigenvalue weighted by atomic mass is 32.1. The number of nitrogens with one attached hydrogen (secondary N) is 1. The van der Waals surface area contributed by atoms with Crippen LogP contribution >= 0.6 is 11.3 Å². The second-order valence-electron chi connectivity index (χ2n) is 6.06. The minimum Gasteiger partial charge on any atom is -0.349 e. The molecule has 28 heavy (non-hydrogen) atoms. The van der Waals surface area contributed by atoms with Crippen LogP contribution < -0.4 is 5.32 Å². The third-order valence-electron chi connectivity index (χ3n) is 3.87. The maximum atomic E-state index is 12.0. The Hall–Kier alpha value is -3.48. The molecule has 1 N–H and O–H groups in total. The molecular formula is C22H17N3O2S. The predicted octanol–water partition coefficient (Wildman–Crippen LogP) is 3.23. The van der Waals surface area contributed by atoms with E-state index in [0.29, 0.717) is 5.01 Å². The zero-order valence-electron chi connectivity index (χ0n) is 15.1. The molecule has 5 nitrogen and oxygen atoms in total. The van der Waals surface area contributed by atoms with E-state index in [9.17, 15) is 9.59 Å². The van der Waals surface area contributed by atoms with Crippen molar-refractivity contribution < 1.29 is 9.59 Å². The second kappa shape index (κ2) is 9.45. The third kappa shape index (κ3) is 5.51. The molecule has 2 aromatic carbocycles. The monoisotopic (exact) mass is 387 g/mol. The van der Waals surface area contributed by atoms with E-state index in [1.54, 1.807) is 0 Å². The number of amides is 1. The van der Waals surface area contributed by atoms with Crippen LogP contribution in [-0.2, 0) is 16.0 Å². The molecule has 0 saturated carbocycles. The number of fused-ring (bicyclic) bond motifs is 1. The Bertz CT molecular complexity index is 1100. The highest BCUT2D eigenvalue weighted by Gasteiger charge is 2.10. The first-order valence-electron chi connectivity index (χ1n) is 8.76. The summed E-state index contributed by atoms with van der Waals surface area (Å²) in [7, 11) is 0. The Balaban J connectivity index is 1.63. The van der Waals surface area contributed by atoms with Gasteiger partial charge in [-0.1, -0.05) is 30.0 Å². The first kappa shape index (κ1) is 19.3. The van der Waals surface area contributed by atoms with Crippen LogP contribution in [0.2, 0.25) is 0 Å². The van der Waals surface area contributed by atoms with Crippen molar-refractivity contribution in [3.8, 4) is 17.9 Å². The lowest BCUT2D eigenvalue weighted by atomic mass is 10.2. The van der Waals surface area contributed by atoms with Gasteiger partial charge in [0.2, 0.25) is 5.91 Å².